The highest BCUT2D eigenvalue weighted by atomic mass is 35.5. The molecular formula is C12H8Cl2N4. The fourth-order valence-corrected chi connectivity index (χ4v) is 2.36. The van der Waals surface area contributed by atoms with Crippen molar-refractivity contribution in [2.45, 2.75) is 0 Å². The Morgan fingerprint density at radius 2 is 1.72 bits per heavy atom. The van der Waals surface area contributed by atoms with Crippen LogP contribution in [-0.2, 0) is 0 Å². The third kappa shape index (κ3) is 1.70. The molecule has 1 aromatic carbocycles. The maximum atomic E-state index is 6.16. The maximum Gasteiger partial charge on any atom is 0.171 e. The van der Waals surface area contributed by atoms with Gasteiger partial charge < -0.3 is 5.73 Å². The average Bonchev–Trinajstić information content (AvgIpc) is 2.72. The fourth-order valence-electron chi connectivity index (χ4n) is 1.79. The number of nitrogens with two attached hydrogens (primary N) is 1. The van der Waals surface area contributed by atoms with Crippen molar-refractivity contribution < 1.29 is 0 Å². The number of rotatable bonds is 1. The highest BCUT2D eigenvalue weighted by molar-refractivity contribution is 6.39. The Balaban J connectivity index is 2.35. The topological polar surface area (TPSA) is 56.2 Å². The van der Waals surface area contributed by atoms with Gasteiger partial charge in [-0.25, -0.2) is 0 Å². The highest BCUT2D eigenvalue weighted by Gasteiger charge is 2.14. The molecule has 0 aliphatic carbocycles. The van der Waals surface area contributed by atoms with Gasteiger partial charge in [0.15, 0.2) is 11.5 Å². The van der Waals surface area contributed by atoms with Crippen LogP contribution >= 0.6 is 23.2 Å². The minimum absolute atomic E-state index is 0.527. The maximum absolute atomic E-state index is 6.16. The van der Waals surface area contributed by atoms with Crippen LogP contribution in [0, 0.1) is 0 Å². The number of anilines is 1. The molecule has 0 saturated heterocycles. The van der Waals surface area contributed by atoms with E-state index >= 15 is 0 Å². The molecule has 0 amide bonds. The predicted octanol–water partition coefficient (Wildman–Crippen LogP) is 3.29. The van der Waals surface area contributed by atoms with Crippen LogP contribution in [0.15, 0.2) is 36.5 Å². The van der Waals surface area contributed by atoms with E-state index in [0.29, 0.717) is 32.8 Å². The van der Waals surface area contributed by atoms with E-state index in [2.05, 4.69) is 10.2 Å². The molecule has 0 fully saturated rings. The van der Waals surface area contributed by atoms with Gasteiger partial charge in [0.2, 0.25) is 0 Å². The van der Waals surface area contributed by atoms with Crippen molar-refractivity contribution in [3.8, 4) is 11.4 Å². The normalized spacial score (nSPS) is 11.0. The van der Waals surface area contributed by atoms with E-state index in [1.807, 2.05) is 0 Å². The Morgan fingerprint density at radius 1 is 1.00 bits per heavy atom. The molecule has 2 N–H and O–H groups in total. The summed E-state index contributed by atoms with van der Waals surface area (Å²) >= 11 is 12.3. The second-order valence-electron chi connectivity index (χ2n) is 3.81. The lowest BCUT2D eigenvalue weighted by Crippen LogP contribution is -1.94. The lowest BCUT2D eigenvalue weighted by Gasteiger charge is -2.05. The zero-order valence-electron chi connectivity index (χ0n) is 9.14. The van der Waals surface area contributed by atoms with Crippen LogP contribution in [0.2, 0.25) is 10.0 Å². The van der Waals surface area contributed by atoms with Crippen LogP contribution in [-0.4, -0.2) is 14.6 Å². The summed E-state index contributed by atoms with van der Waals surface area (Å²) in [4.78, 5) is 0. The monoisotopic (exact) mass is 278 g/mol. The molecule has 2 heterocycles. The molecule has 2 aromatic heterocycles. The number of fused-ring (bicyclic) bond motifs is 1. The Bertz CT molecular complexity index is 716. The first-order valence-electron chi connectivity index (χ1n) is 5.21. The van der Waals surface area contributed by atoms with Gasteiger partial charge in [-0.1, -0.05) is 29.3 Å². The van der Waals surface area contributed by atoms with E-state index < -0.39 is 0 Å². The fraction of sp³-hybridized carbons (Fsp3) is 0. The van der Waals surface area contributed by atoms with Gasteiger partial charge in [-0.3, -0.25) is 4.40 Å². The summed E-state index contributed by atoms with van der Waals surface area (Å²) in [7, 11) is 0. The molecule has 3 aromatic rings. The van der Waals surface area contributed by atoms with Crippen LogP contribution in [0.1, 0.15) is 0 Å². The number of pyridine rings is 1. The van der Waals surface area contributed by atoms with E-state index in [4.69, 9.17) is 28.9 Å². The molecule has 0 bridgehead atoms. The number of nitrogens with zero attached hydrogens (tertiary/aromatic N) is 3. The Kier molecular flexibility index (Phi) is 2.61. The van der Waals surface area contributed by atoms with Gasteiger partial charge in [0.1, 0.15) is 0 Å². The summed E-state index contributed by atoms with van der Waals surface area (Å²) in [5.74, 6) is 0.577. The molecule has 4 nitrogen and oxygen atoms in total. The van der Waals surface area contributed by atoms with Crippen molar-refractivity contribution >= 4 is 34.5 Å². The zero-order valence-corrected chi connectivity index (χ0v) is 10.7. The molecule has 0 saturated carbocycles. The molecular weight excluding hydrogens is 271 g/mol. The number of hydrogen-bond acceptors (Lipinski definition) is 3. The molecule has 0 spiro atoms. The van der Waals surface area contributed by atoms with E-state index in [9.17, 15) is 0 Å². The Morgan fingerprint density at radius 3 is 2.44 bits per heavy atom. The van der Waals surface area contributed by atoms with E-state index in [1.54, 1.807) is 40.9 Å². The molecule has 0 atom stereocenters. The Hall–Kier alpha value is -1.78. The van der Waals surface area contributed by atoms with Crippen molar-refractivity contribution in [3.05, 3.63) is 46.6 Å². The summed E-state index contributed by atoms with van der Waals surface area (Å²) in [6.45, 7) is 0. The van der Waals surface area contributed by atoms with Crippen LogP contribution in [0.5, 0.6) is 0 Å². The lowest BCUT2D eigenvalue weighted by molar-refractivity contribution is 1.11. The predicted molar refractivity (Wildman–Crippen MR) is 72.9 cm³/mol. The zero-order chi connectivity index (χ0) is 12.7. The molecule has 0 radical (unpaired) electrons. The first-order chi connectivity index (χ1) is 8.66. The average molecular weight is 279 g/mol. The summed E-state index contributed by atoms with van der Waals surface area (Å²) in [6.07, 6.45) is 1.74. The third-order valence-electron chi connectivity index (χ3n) is 2.61. The molecule has 90 valence electrons. The van der Waals surface area contributed by atoms with Crippen molar-refractivity contribution in [1.29, 1.82) is 0 Å². The number of hydrogen-bond donors (Lipinski definition) is 1. The largest absolute Gasteiger partial charge is 0.398 e. The van der Waals surface area contributed by atoms with Gasteiger partial charge in [0.05, 0.1) is 15.6 Å². The number of nitrogen functional groups attached to an aromatic ring is 1. The summed E-state index contributed by atoms with van der Waals surface area (Å²) in [5.41, 5.74) is 7.72. The summed E-state index contributed by atoms with van der Waals surface area (Å²) < 4.78 is 1.77. The van der Waals surface area contributed by atoms with Crippen LogP contribution in [0.25, 0.3) is 17.0 Å². The van der Waals surface area contributed by atoms with Gasteiger partial charge in [-0.15, -0.1) is 10.2 Å². The third-order valence-corrected chi connectivity index (χ3v) is 3.24. The minimum atomic E-state index is 0.527. The van der Waals surface area contributed by atoms with Crippen molar-refractivity contribution in [3.63, 3.8) is 0 Å². The van der Waals surface area contributed by atoms with Crippen molar-refractivity contribution in [1.82, 2.24) is 14.6 Å². The number of aromatic nitrogens is 3. The molecule has 0 aliphatic heterocycles. The van der Waals surface area contributed by atoms with E-state index in [1.165, 1.54) is 0 Å². The first kappa shape index (κ1) is 11.3. The van der Waals surface area contributed by atoms with Gasteiger partial charge in [-0.05, 0) is 24.3 Å². The van der Waals surface area contributed by atoms with Crippen molar-refractivity contribution in [2.75, 3.05) is 5.73 Å². The summed E-state index contributed by atoms with van der Waals surface area (Å²) in [5, 5.41) is 9.23. The molecule has 0 unspecified atom stereocenters. The molecule has 3 rings (SSSR count). The van der Waals surface area contributed by atoms with Gasteiger partial charge >= 0.3 is 0 Å². The SMILES string of the molecule is Nc1ccc2nnc(-c3c(Cl)cccc3Cl)n2c1. The Labute approximate surface area is 113 Å². The van der Waals surface area contributed by atoms with Crippen LogP contribution < -0.4 is 5.73 Å². The lowest BCUT2D eigenvalue weighted by atomic mass is 10.2. The first-order valence-corrected chi connectivity index (χ1v) is 5.97. The van der Waals surface area contributed by atoms with Gasteiger partial charge in [0.25, 0.3) is 0 Å². The van der Waals surface area contributed by atoms with E-state index in [0.717, 1.165) is 0 Å². The van der Waals surface area contributed by atoms with Gasteiger partial charge in [0, 0.05) is 11.9 Å². The smallest absolute Gasteiger partial charge is 0.171 e. The van der Waals surface area contributed by atoms with Gasteiger partial charge in [-0.2, -0.15) is 0 Å². The minimum Gasteiger partial charge on any atom is -0.398 e. The highest BCUT2D eigenvalue weighted by Crippen LogP contribution is 2.33. The molecule has 0 aliphatic rings. The second-order valence-corrected chi connectivity index (χ2v) is 4.63. The van der Waals surface area contributed by atoms with E-state index in [-0.39, 0.29) is 0 Å². The molecule has 6 heteroatoms. The van der Waals surface area contributed by atoms with Crippen LogP contribution in [0.4, 0.5) is 5.69 Å². The number of halogens is 2. The number of benzene rings is 1. The molecule has 18 heavy (non-hydrogen) atoms. The second kappa shape index (κ2) is 4.15. The summed E-state index contributed by atoms with van der Waals surface area (Å²) in [6, 6.07) is 8.86. The van der Waals surface area contributed by atoms with Crippen LogP contribution in [0.3, 0.4) is 0 Å². The van der Waals surface area contributed by atoms with Crippen molar-refractivity contribution in [2.24, 2.45) is 0 Å². The standard InChI is InChI=1S/C12H8Cl2N4/c13-8-2-1-3-9(14)11(8)12-17-16-10-5-4-7(15)6-18(10)12/h1-6H,15H2. The quantitative estimate of drug-likeness (QED) is 0.743.